The van der Waals surface area contributed by atoms with Crippen molar-refractivity contribution < 1.29 is 13.2 Å². The molecule has 2 rings (SSSR count). The fourth-order valence-corrected chi connectivity index (χ4v) is 5.32. The van der Waals surface area contributed by atoms with E-state index in [0.717, 1.165) is 11.3 Å². The minimum Gasteiger partial charge on any atom is -0.338 e. The molecule has 8 heteroatoms. The number of imidazole rings is 1. The zero-order chi connectivity index (χ0) is 21.9. The molecule has 0 bridgehead atoms. The lowest BCUT2D eigenvalue weighted by molar-refractivity contribution is -0.134. The number of carbonyl (C=O) groups is 1. The highest BCUT2D eigenvalue weighted by Crippen LogP contribution is 2.23. The third kappa shape index (κ3) is 4.80. The third-order valence-corrected chi connectivity index (χ3v) is 7.30. The molecule has 7 nitrogen and oxygen atoms in total. The van der Waals surface area contributed by atoms with Crippen molar-refractivity contribution in [3.63, 3.8) is 0 Å². The van der Waals surface area contributed by atoms with Crippen LogP contribution in [0, 0.1) is 0 Å². The fourth-order valence-electron chi connectivity index (χ4n) is 3.85. The van der Waals surface area contributed by atoms with Crippen LogP contribution in [0.15, 0.2) is 23.1 Å². The lowest BCUT2D eigenvalue weighted by Crippen LogP contribution is -2.42. The molecule has 0 N–H and O–H groups in total. The van der Waals surface area contributed by atoms with Crippen LogP contribution in [0.1, 0.15) is 53.8 Å². The number of rotatable bonds is 9. The molecule has 1 amide bonds. The molecule has 0 saturated heterocycles. The van der Waals surface area contributed by atoms with Crippen molar-refractivity contribution >= 4 is 27.0 Å². The SMILES string of the molecule is CCN(CC)S(=O)(=O)c1ccc2c(c1)nc(CCC(=O)N(C(C)C)C(C)C)n2C. The van der Waals surface area contributed by atoms with E-state index in [9.17, 15) is 13.2 Å². The Balaban J connectivity index is 2.29. The normalized spacial score (nSPS) is 12.5. The van der Waals surface area contributed by atoms with Gasteiger partial charge in [-0.25, -0.2) is 13.4 Å². The Hall–Kier alpha value is -1.93. The molecule has 2 aromatic rings. The number of fused-ring (bicyclic) bond motifs is 1. The van der Waals surface area contributed by atoms with Gasteiger partial charge in [0.05, 0.1) is 15.9 Å². The molecule has 0 fully saturated rings. The highest BCUT2D eigenvalue weighted by atomic mass is 32.2. The first kappa shape index (κ1) is 23.3. The molecule has 0 radical (unpaired) electrons. The fraction of sp³-hybridized carbons (Fsp3) is 0.619. The first-order valence-electron chi connectivity index (χ1n) is 10.3. The van der Waals surface area contributed by atoms with Crippen LogP contribution in [0.2, 0.25) is 0 Å². The van der Waals surface area contributed by atoms with Crippen LogP contribution in [-0.2, 0) is 28.3 Å². The number of carbonyl (C=O) groups excluding carboxylic acids is 1. The number of nitrogens with zero attached hydrogens (tertiary/aromatic N) is 4. The smallest absolute Gasteiger partial charge is 0.243 e. The Kier molecular flexibility index (Phi) is 7.45. The number of amides is 1. The molecule has 1 heterocycles. The maximum absolute atomic E-state index is 12.8. The molecule has 0 aliphatic heterocycles. The average molecular weight is 423 g/mol. The van der Waals surface area contributed by atoms with Crippen LogP contribution in [-0.4, -0.2) is 58.3 Å². The summed E-state index contributed by atoms with van der Waals surface area (Å²) in [4.78, 5) is 19.4. The van der Waals surface area contributed by atoms with E-state index in [4.69, 9.17) is 0 Å². The summed E-state index contributed by atoms with van der Waals surface area (Å²) in [6.07, 6.45) is 0.885. The number of hydrogen-bond donors (Lipinski definition) is 0. The van der Waals surface area contributed by atoms with E-state index in [1.54, 1.807) is 18.2 Å². The van der Waals surface area contributed by atoms with Crippen LogP contribution >= 0.6 is 0 Å². The van der Waals surface area contributed by atoms with Gasteiger partial charge in [0, 0.05) is 45.1 Å². The van der Waals surface area contributed by atoms with Gasteiger partial charge >= 0.3 is 0 Å². The van der Waals surface area contributed by atoms with Crippen LogP contribution in [0.3, 0.4) is 0 Å². The van der Waals surface area contributed by atoms with Gasteiger partial charge in [0.1, 0.15) is 5.82 Å². The van der Waals surface area contributed by atoms with E-state index in [1.165, 1.54) is 4.31 Å². The van der Waals surface area contributed by atoms with E-state index in [-0.39, 0.29) is 22.9 Å². The molecule has 0 saturated carbocycles. The number of sulfonamides is 1. The standard InChI is InChI=1S/C21H34N4O3S/c1-8-24(9-2)29(27,28)17-10-11-19-18(14-17)22-20(23(19)7)12-13-21(26)25(15(3)4)16(5)6/h10-11,14-16H,8-9,12-13H2,1-7H3. The Morgan fingerprint density at radius 2 is 1.69 bits per heavy atom. The van der Waals surface area contributed by atoms with Crippen LogP contribution < -0.4 is 0 Å². The first-order valence-corrected chi connectivity index (χ1v) is 11.7. The minimum atomic E-state index is -3.53. The van der Waals surface area contributed by atoms with Gasteiger partial charge < -0.3 is 9.47 Å². The number of aromatic nitrogens is 2. The van der Waals surface area contributed by atoms with Crippen LogP contribution in [0.25, 0.3) is 11.0 Å². The summed E-state index contributed by atoms with van der Waals surface area (Å²) in [6, 6.07) is 5.35. The maximum atomic E-state index is 12.8. The summed E-state index contributed by atoms with van der Waals surface area (Å²) in [7, 11) is -1.63. The lowest BCUT2D eigenvalue weighted by Gasteiger charge is -2.30. The van der Waals surface area contributed by atoms with E-state index >= 15 is 0 Å². The van der Waals surface area contributed by atoms with Gasteiger partial charge in [0.2, 0.25) is 15.9 Å². The molecule has 0 atom stereocenters. The third-order valence-electron chi connectivity index (χ3n) is 5.25. The zero-order valence-corrected chi connectivity index (χ0v) is 19.5. The van der Waals surface area contributed by atoms with E-state index in [0.29, 0.717) is 31.4 Å². The number of aryl methyl sites for hydroxylation is 2. The summed E-state index contributed by atoms with van der Waals surface area (Å²) >= 11 is 0. The summed E-state index contributed by atoms with van der Waals surface area (Å²) in [5, 5.41) is 0. The van der Waals surface area contributed by atoms with Gasteiger partial charge in [-0.15, -0.1) is 0 Å². The second-order valence-electron chi connectivity index (χ2n) is 7.82. The van der Waals surface area contributed by atoms with Gasteiger partial charge in [0.15, 0.2) is 0 Å². The van der Waals surface area contributed by atoms with Gasteiger partial charge in [-0.1, -0.05) is 13.8 Å². The summed E-state index contributed by atoms with van der Waals surface area (Å²) in [5.74, 6) is 0.880. The average Bonchev–Trinajstić information content (AvgIpc) is 2.95. The van der Waals surface area contributed by atoms with Crippen molar-refractivity contribution in [1.82, 2.24) is 18.8 Å². The maximum Gasteiger partial charge on any atom is 0.243 e. The quantitative estimate of drug-likeness (QED) is 0.622. The zero-order valence-electron chi connectivity index (χ0n) is 18.6. The molecule has 1 aromatic heterocycles. The van der Waals surface area contributed by atoms with Crippen molar-refractivity contribution in [3.8, 4) is 0 Å². The van der Waals surface area contributed by atoms with Gasteiger partial charge in [-0.2, -0.15) is 4.31 Å². The highest BCUT2D eigenvalue weighted by molar-refractivity contribution is 7.89. The predicted molar refractivity (Wildman–Crippen MR) is 116 cm³/mol. The van der Waals surface area contributed by atoms with Gasteiger partial charge in [-0.05, 0) is 45.9 Å². The second kappa shape index (κ2) is 9.26. The monoisotopic (exact) mass is 422 g/mol. The van der Waals surface area contributed by atoms with Gasteiger partial charge in [0.25, 0.3) is 0 Å². The molecule has 0 aliphatic carbocycles. The van der Waals surface area contributed by atoms with E-state index in [2.05, 4.69) is 4.98 Å². The molecule has 0 spiro atoms. The first-order chi connectivity index (χ1) is 13.5. The second-order valence-corrected chi connectivity index (χ2v) is 9.75. The topological polar surface area (TPSA) is 75.5 Å². The van der Waals surface area contributed by atoms with Crippen molar-refractivity contribution in [2.24, 2.45) is 7.05 Å². The van der Waals surface area contributed by atoms with Crippen LogP contribution in [0.4, 0.5) is 0 Å². The number of hydrogen-bond acceptors (Lipinski definition) is 4. The molecule has 29 heavy (non-hydrogen) atoms. The summed E-state index contributed by atoms with van der Waals surface area (Å²) in [5.41, 5.74) is 1.49. The molecular formula is C21H34N4O3S. The Morgan fingerprint density at radius 3 is 2.21 bits per heavy atom. The molecule has 1 aromatic carbocycles. The Labute approximate surface area is 174 Å². The number of benzene rings is 1. The highest BCUT2D eigenvalue weighted by Gasteiger charge is 2.23. The van der Waals surface area contributed by atoms with E-state index in [1.807, 2.05) is 58.1 Å². The molecular weight excluding hydrogens is 388 g/mol. The molecule has 0 unspecified atom stereocenters. The van der Waals surface area contributed by atoms with Crippen molar-refractivity contribution in [3.05, 3.63) is 24.0 Å². The summed E-state index contributed by atoms with van der Waals surface area (Å²) in [6.45, 7) is 12.6. The lowest BCUT2D eigenvalue weighted by atomic mass is 10.2. The molecule has 162 valence electrons. The summed E-state index contributed by atoms with van der Waals surface area (Å²) < 4.78 is 28.9. The Morgan fingerprint density at radius 1 is 1.10 bits per heavy atom. The van der Waals surface area contributed by atoms with Crippen LogP contribution in [0.5, 0.6) is 0 Å². The van der Waals surface area contributed by atoms with Gasteiger partial charge in [-0.3, -0.25) is 4.79 Å². The predicted octanol–water partition coefficient (Wildman–Crippen LogP) is 3.18. The van der Waals surface area contributed by atoms with Crippen molar-refractivity contribution in [1.29, 1.82) is 0 Å². The van der Waals surface area contributed by atoms with E-state index < -0.39 is 10.0 Å². The largest absolute Gasteiger partial charge is 0.338 e. The van der Waals surface area contributed by atoms with Crippen molar-refractivity contribution in [2.75, 3.05) is 13.1 Å². The molecule has 0 aliphatic rings. The Bertz CT molecular complexity index is 952. The van der Waals surface area contributed by atoms with Crippen molar-refractivity contribution in [2.45, 2.75) is 71.4 Å². The minimum absolute atomic E-state index is 0.104.